The molecule has 0 aliphatic heterocycles. The molecule has 0 saturated carbocycles. The zero-order valence-electron chi connectivity index (χ0n) is 18.6. The van der Waals surface area contributed by atoms with Gasteiger partial charge in [-0.25, -0.2) is 4.98 Å². The standard InChI is InChI=1S/C25H23N5O3/c1-4-32-20-10-5-6-11-21(20)33-15-23(31)29-25-18(13-26)14-27-30(25)22-12-17(3)19-9-7-8-16(2)24(19)28-22/h5-12,14H,4,15H2,1-3H3,(H,29,31). The molecule has 0 fully saturated rings. The number of hydrogen-bond acceptors (Lipinski definition) is 6. The molecule has 2 heterocycles. The number of ether oxygens (including phenoxy) is 2. The van der Waals surface area contributed by atoms with E-state index in [2.05, 4.69) is 16.5 Å². The Morgan fingerprint density at radius 1 is 1.09 bits per heavy atom. The van der Waals surface area contributed by atoms with Crippen molar-refractivity contribution in [1.29, 1.82) is 5.26 Å². The first-order chi connectivity index (χ1) is 16.0. The Kier molecular flexibility index (Phi) is 6.22. The number of fused-ring (bicyclic) bond motifs is 1. The van der Waals surface area contributed by atoms with Crippen LogP contribution in [-0.4, -0.2) is 33.9 Å². The molecule has 4 aromatic rings. The molecule has 8 heteroatoms. The van der Waals surface area contributed by atoms with Crippen LogP contribution < -0.4 is 14.8 Å². The van der Waals surface area contributed by atoms with E-state index in [9.17, 15) is 10.1 Å². The fourth-order valence-corrected chi connectivity index (χ4v) is 3.53. The van der Waals surface area contributed by atoms with Gasteiger partial charge in [0.2, 0.25) is 0 Å². The topological polar surface area (TPSA) is 102 Å². The monoisotopic (exact) mass is 441 g/mol. The highest BCUT2D eigenvalue weighted by Gasteiger charge is 2.18. The van der Waals surface area contributed by atoms with Gasteiger partial charge in [0.1, 0.15) is 11.6 Å². The van der Waals surface area contributed by atoms with Gasteiger partial charge in [0.05, 0.1) is 18.3 Å². The number of carbonyl (C=O) groups is 1. The summed E-state index contributed by atoms with van der Waals surface area (Å²) in [4.78, 5) is 17.4. The molecule has 0 bridgehead atoms. The Balaban J connectivity index is 1.61. The summed E-state index contributed by atoms with van der Waals surface area (Å²) in [5.74, 6) is 1.33. The maximum atomic E-state index is 12.7. The lowest BCUT2D eigenvalue weighted by molar-refractivity contribution is -0.118. The predicted molar refractivity (Wildman–Crippen MR) is 125 cm³/mol. The van der Waals surface area contributed by atoms with Crippen molar-refractivity contribution in [2.45, 2.75) is 20.8 Å². The van der Waals surface area contributed by atoms with Crippen LogP contribution in [0.4, 0.5) is 5.82 Å². The van der Waals surface area contributed by atoms with Crippen LogP contribution in [0, 0.1) is 25.2 Å². The van der Waals surface area contributed by atoms with Gasteiger partial charge in [-0.3, -0.25) is 4.79 Å². The first-order valence-electron chi connectivity index (χ1n) is 10.5. The number of benzene rings is 2. The molecular weight excluding hydrogens is 418 g/mol. The summed E-state index contributed by atoms with van der Waals surface area (Å²) in [7, 11) is 0. The zero-order valence-corrected chi connectivity index (χ0v) is 18.6. The van der Waals surface area contributed by atoms with Crippen molar-refractivity contribution < 1.29 is 14.3 Å². The van der Waals surface area contributed by atoms with Crippen molar-refractivity contribution in [2.24, 2.45) is 0 Å². The maximum absolute atomic E-state index is 12.7. The van der Waals surface area contributed by atoms with Crippen LogP contribution in [0.5, 0.6) is 11.5 Å². The van der Waals surface area contributed by atoms with Crippen LogP contribution in [0.15, 0.2) is 54.7 Å². The van der Waals surface area contributed by atoms with Crippen LogP contribution >= 0.6 is 0 Å². The Labute approximate surface area is 191 Å². The van der Waals surface area contributed by atoms with Crippen molar-refractivity contribution in [1.82, 2.24) is 14.8 Å². The Morgan fingerprint density at radius 3 is 2.58 bits per heavy atom. The fraction of sp³-hybridized carbons (Fsp3) is 0.200. The summed E-state index contributed by atoms with van der Waals surface area (Å²) in [6.45, 7) is 6.07. The smallest absolute Gasteiger partial charge is 0.263 e. The molecule has 1 N–H and O–H groups in total. The molecule has 0 saturated heterocycles. The first kappa shape index (κ1) is 21.8. The first-order valence-corrected chi connectivity index (χ1v) is 10.5. The Morgan fingerprint density at radius 2 is 1.85 bits per heavy atom. The number of para-hydroxylation sites is 3. The number of rotatable bonds is 7. The Bertz CT molecular complexity index is 1370. The number of anilines is 1. The van der Waals surface area contributed by atoms with Gasteiger partial charge in [-0.2, -0.15) is 15.0 Å². The van der Waals surface area contributed by atoms with Gasteiger partial charge >= 0.3 is 0 Å². The summed E-state index contributed by atoms with van der Waals surface area (Å²) < 4.78 is 12.6. The highest BCUT2D eigenvalue weighted by atomic mass is 16.5. The summed E-state index contributed by atoms with van der Waals surface area (Å²) in [5, 5.41) is 17.6. The van der Waals surface area contributed by atoms with E-state index in [0.29, 0.717) is 23.9 Å². The van der Waals surface area contributed by atoms with Crippen LogP contribution in [-0.2, 0) is 4.79 Å². The fourth-order valence-electron chi connectivity index (χ4n) is 3.53. The second-order valence-corrected chi connectivity index (χ2v) is 7.42. The summed E-state index contributed by atoms with van der Waals surface area (Å²) in [6, 6.07) is 17.1. The molecule has 2 aromatic heterocycles. The third-order valence-corrected chi connectivity index (χ3v) is 5.11. The number of aryl methyl sites for hydroxylation is 2. The second kappa shape index (κ2) is 9.40. The van der Waals surface area contributed by atoms with Crippen LogP contribution in [0.3, 0.4) is 0 Å². The molecule has 2 aromatic carbocycles. The van der Waals surface area contributed by atoms with Gasteiger partial charge in [0.15, 0.2) is 29.7 Å². The van der Waals surface area contributed by atoms with Crippen LogP contribution in [0.25, 0.3) is 16.7 Å². The minimum absolute atomic E-state index is 0.224. The number of amides is 1. The van der Waals surface area contributed by atoms with Gasteiger partial charge in [-0.1, -0.05) is 30.3 Å². The highest BCUT2D eigenvalue weighted by Crippen LogP contribution is 2.27. The van der Waals surface area contributed by atoms with Gasteiger partial charge in [0, 0.05) is 5.39 Å². The average Bonchev–Trinajstić information content (AvgIpc) is 3.21. The molecule has 0 radical (unpaired) electrons. The van der Waals surface area contributed by atoms with Crippen molar-refractivity contribution in [3.63, 3.8) is 0 Å². The van der Waals surface area contributed by atoms with E-state index < -0.39 is 5.91 Å². The normalized spacial score (nSPS) is 10.6. The third kappa shape index (κ3) is 4.48. The van der Waals surface area contributed by atoms with Crippen LogP contribution in [0.2, 0.25) is 0 Å². The number of hydrogen-bond donors (Lipinski definition) is 1. The minimum atomic E-state index is -0.437. The van der Waals surface area contributed by atoms with Crippen molar-refractivity contribution in [3.05, 3.63) is 71.4 Å². The second-order valence-electron chi connectivity index (χ2n) is 7.42. The average molecular weight is 441 g/mol. The van der Waals surface area contributed by atoms with E-state index >= 15 is 0 Å². The Hall–Kier alpha value is -4.38. The molecular formula is C25H23N5O3. The van der Waals surface area contributed by atoms with Gasteiger partial charge < -0.3 is 14.8 Å². The molecule has 1 amide bonds. The van der Waals surface area contributed by atoms with E-state index in [1.54, 1.807) is 18.2 Å². The number of aromatic nitrogens is 3. The third-order valence-electron chi connectivity index (χ3n) is 5.11. The van der Waals surface area contributed by atoms with E-state index in [1.807, 2.05) is 51.1 Å². The molecule has 33 heavy (non-hydrogen) atoms. The SMILES string of the molecule is CCOc1ccccc1OCC(=O)Nc1c(C#N)cnn1-c1cc(C)c2cccc(C)c2n1. The number of carbonyl (C=O) groups excluding carboxylic acids is 1. The number of nitriles is 1. The molecule has 0 atom stereocenters. The van der Waals surface area contributed by atoms with Crippen molar-refractivity contribution >= 4 is 22.6 Å². The van der Waals surface area contributed by atoms with Crippen LogP contribution in [0.1, 0.15) is 23.6 Å². The quantitative estimate of drug-likeness (QED) is 0.458. The molecule has 0 aliphatic rings. The maximum Gasteiger partial charge on any atom is 0.263 e. The van der Waals surface area contributed by atoms with Crippen molar-refractivity contribution in [2.75, 3.05) is 18.5 Å². The summed E-state index contributed by atoms with van der Waals surface area (Å²) >= 11 is 0. The molecule has 0 aliphatic carbocycles. The van der Waals surface area contributed by atoms with E-state index in [1.165, 1.54) is 10.9 Å². The van der Waals surface area contributed by atoms with E-state index in [-0.39, 0.29) is 18.0 Å². The summed E-state index contributed by atoms with van der Waals surface area (Å²) in [6.07, 6.45) is 1.40. The molecule has 166 valence electrons. The number of nitrogens with zero attached hydrogens (tertiary/aromatic N) is 4. The lowest BCUT2D eigenvalue weighted by Crippen LogP contribution is -2.22. The van der Waals surface area contributed by atoms with Gasteiger partial charge in [-0.15, -0.1) is 0 Å². The van der Waals surface area contributed by atoms with E-state index in [0.717, 1.165) is 22.0 Å². The largest absolute Gasteiger partial charge is 0.490 e. The lowest BCUT2D eigenvalue weighted by atomic mass is 10.1. The van der Waals surface area contributed by atoms with E-state index in [4.69, 9.17) is 14.5 Å². The lowest BCUT2D eigenvalue weighted by Gasteiger charge is -2.13. The van der Waals surface area contributed by atoms with Gasteiger partial charge in [0.25, 0.3) is 5.91 Å². The number of nitrogens with one attached hydrogen (secondary N) is 1. The van der Waals surface area contributed by atoms with Crippen molar-refractivity contribution in [3.8, 4) is 23.4 Å². The molecule has 0 spiro atoms. The zero-order chi connectivity index (χ0) is 23.4. The highest BCUT2D eigenvalue weighted by molar-refractivity contribution is 5.93. The minimum Gasteiger partial charge on any atom is -0.490 e. The summed E-state index contributed by atoms with van der Waals surface area (Å²) in [5.41, 5.74) is 3.11. The molecule has 0 unspecified atom stereocenters. The number of pyridine rings is 1. The van der Waals surface area contributed by atoms with Gasteiger partial charge in [-0.05, 0) is 50.1 Å². The molecule has 8 nitrogen and oxygen atoms in total. The molecule has 4 rings (SSSR count). The predicted octanol–water partition coefficient (Wildman–Crippen LogP) is 4.33.